The first-order valence-corrected chi connectivity index (χ1v) is 7.61. The maximum Gasteiger partial charge on any atom is 0.246 e. The minimum absolute atomic E-state index is 0.0340. The number of carbonyl (C=O) groups is 1. The molecule has 3 nitrogen and oxygen atoms in total. The maximum atomic E-state index is 12.0. The van der Waals surface area contributed by atoms with Crippen molar-refractivity contribution in [1.82, 2.24) is 4.90 Å². The molecule has 1 saturated heterocycles. The molecule has 2 rings (SSSR count). The molecule has 0 aliphatic carbocycles. The molecule has 1 N–H and O–H groups in total. The SMILES string of the molecule is CC(C)c1ccc(C=CC(=O)N2CC(O)(C(C)C)C2)cc1. The monoisotopic (exact) mass is 287 g/mol. The zero-order valence-electron chi connectivity index (χ0n) is 13.3. The standard InChI is InChI=1S/C18H25NO2/c1-13(2)16-8-5-15(6-9-16)7-10-17(20)19-11-18(21,12-19)14(3)4/h5-10,13-14,21H,11-12H2,1-4H3. The van der Waals surface area contributed by atoms with Crippen LogP contribution in [-0.4, -0.2) is 34.6 Å². The molecule has 0 bridgehead atoms. The molecule has 0 spiro atoms. The molecule has 1 aliphatic heterocycles. The topological polar surface area (TPSA) is 40.5 Å². The number of benzene rings is 1. The highest BCUT2D eigenvalue weighted by Gasteiger charge is 2.45. The van der Waals surface area contributed by atoms with E-state index in [9.17, 15) is 9.90 Å². The van der Waals surface area contributed by atoms with Crippen molar-refractivity contribution in [3.05, 3.63) is 41.5 Å². The molecule has 1 aliphatic rings. The molecule has 0 atom stereocenters. The smallest absolute Gasteiger partial charge is 0.246 e. The second kappa shape index (κ2) is 6.02. The lowest BCUT2D eigenvalue weighted by atomic mass is 9.83. The highest BCUT2D eigenvalue weighted by Crippen LogP contribution is 2.28. The minimum Gasteiger partial charge on any atom is -0.386 e. The van der Waals surface area contributed by atoms with Gasteiger partial charge in [0, 0.05) is 6.08 Å². The third kappa shape index (κ3) is 3.53. The van der Waals surface area contributed by atoms with Gasteiger partial charge in [-0.1, -0.05) is 52.0 Å². The number of nitrogens with zero attached hydrogens (tertiary/aromatic N) is 1. The number of likely N-dealkylation sites (tertiary alicyclic amines) is 1. The first-order valence-electron chi connectivity index (χ1n) is 7.61. The summed E-state index contributed by atoms with van der Waals surface area (Å²) in [5, 5.41) is 10.2. The van der Waals surface area contributed by atoms with Crippen molar-refractivity contribution in [2.75, 3.05) is 13.1 Å². The quantitative estimate of drug-likeness (QED) is 0.865. The highest BCUT2D eigenvalue weighted by molar-refractivity contribution is 5.92. The summed E-state index contributed by atoms with van der Waals surface area (Å²) in [6.45, 7) is 9.14. The number of rotatable bonds is 4. The van der Waals surface area contributed by atoms with E-state index in [0.29, 0.717) is 19.0 Å². The molecule has 0 unspecified atom stereocenters. The Morgan fingerprint density at radius 3 is 2.24 bits per heavy atom. The Morgan fingerprint density at radius 1 is 1.19 bits per heavy atom. The highest BCUT2D eigenvalue weighted by atomic mass is 16.3. The molecule has 0 radical (unpaired) electrons. The second-order valence-corrected chi connectivity index (χ2v) is 6.61. The summed E-state index contributed by atoms with van der Waals surface area (Å²) in [5.41, 5.74) is 1.61. The fourth-order valence-electron chi connectivity index (χ4n) is 2.40. The maximum absolute atomic E-state index is 12.0. The van der Waals surface area contributed by atoms with Gasteiger partial charge in [-0.25, -0.2) is 0 Å². The third-order valence-corrected chi connectivity index (χ3v) is 4.34. The van der Waals surface area contributed by atoms with E-state index >= 15 is 0 Å². The van der Waals surface area contributed by atoms with Crippen LogP contribution in [0, 0.1) is 5.92 Å². The van der Waals surface area contributed by atoms with Gasteiger partial charge >= 0.3 is 0 Å². The molecule has 0 aromatic heterocycles. The molecule has 1 amide bonds. The Bertz CT molecular complexity index is 523. The van der Waals surface area contributed by atoms with Gasteiger partial charge < -0.3 is 10.0 Å². The van der Waals surface area contributed by atoms with Gasteiger partial charge in [-0.05, 0) is 29.0 Å². The van der Waals surface area contributed by atoms with E-state index in [4.69, 9.17) is 0 Å². The molecule has 114 valence electrons. The van der Waals surface area contributed by atoms with Crippen molar-refractivity contribution < 1.29 is 9.90 Å². The number of carbonyl (C=O) groups excluding carboxylic acids is 1. The lowest BCUT2D eigenvalue weighted by Crippen LogP contribution is -2.65. The van der Waals surface area contributed by atoms with Crippen LogP contribution in [0.5, 0.6) is 0 Å². The van der Waals surface area contributed by atoms with E-state index in [1.54, 1.807) is 11.0 Å². The van der Waals surface area contributed by atoms with E-state index in [1.165, 1.54) is 5.56 Å². The van der Waals surface area contributed by atoms with Gasteiger partial charge in [0.2, 0.25) is 5.91 Å². The summed E-state index contributed by atoms with van der Waals surface area (Å²) in [7, 11) is 0. The largest absolute Gasteiger partial charge is 0.386 e. The molecular formula is C18H25NO2. The van der Waals surface area contributed by atoms with Crippen LogP contribution < -0.4 is 0 Å². The average Bonchev–Trinajstić information content (AvgIpc) is 2.41. The van der Waals surface area contributed by atoms with Crippen molar-refractivity contribution in [3.63, 3.8) is 0 Å². The van der Waals surface area contributed by atoms with Crippen molar-refractivity contribution in [2.24, 2.45) is 5.92 Å². The molecule has 1 fully saturated rings. The van der Waals surface area contributed by atoms with Crippen molar-refractivity contribution in [1.29, 1.82) is 0 Å². The van der Waals surface area contributed by atoms with E-state index < -0.39 is 5.60 Å². The number of aliphatic hydroxyl groups is 1. The third-order valence-electron chi connectivity index (χ3n) is 4.34. The normalized spacial score (nSPS) is 17.6. The summed E-state index contributed by atoms with van der Waals surface area (Å²) in [6.07, 6.45) is 3.42. The van der Waals surface area contributed by atoms with Gasteiger partial charge in [-0.15, -0.1) is 0 Å². The summed E-state index contributed by atoms with van der Waals surface area (Å²) >= 11 is 0. The van der Waals surface area contributed by atoms with Crippen LogP contribution in [0.25, 0.3) is 6.08 Å². The zero-order valence-corrected chi connectivity index (χ0v) is 13.3. The summed E-state index contributed by atoms with van der Waals surface area (Å²) < 4.78 is 0. The van der Waals surface area contributed by atoms with Crippen molar-refractivity contribution in [3.8, 4) is 0 Å². The Labute approximate surface area is 127 Å². The molecule has 0 saturated carbocycles. The predicted molar refractivity (Wildman–Crippen MR) is 85.9 cm³/mol. The van der Waals surface area contributed by atoms with Gasteiger partial charge in [0.25, 0.3) is 0 Å². The fraction of sp³-hybridized carbons (Fsp3) is 0.500. The fourth-order valence-corrected chi connectivity index (χ4v) is 2.40. The molecule has 1 heterocycles. The molecule has 3 heteroatoms. The van der Waals surface area contributed by atoms with E-state index in [2.05, 4.69) is 26.0 Å². The van der Waals surface area contributed by atoms with Gasteiger partial charge in [0.15, 0.2) is 0 Å². The predicted octanol–water partition coefficient (Wildman–Crippen LogP) is 3.05. The Hall–Kier alpha value is -1.61. The van der Waals surface area contributed by atoms with Crippen molar-refractivity contribution >= 4 is 12.0 Å². The average molecular weight is 287 g/mol. The van der Waals surface area contributed by atoms with Crippen LogP contribution >= 0.6 is 0 Å². The number of hydrogen-bond donors (Lipinski definition) is 1. The Balaban J connectivity index is 1.91. The second-order valence-electron chi connectivity index (χ2n) is 6.61. The van der Waals surface area contributed by atoms with Crippen LogP contribution in [0.1, 0.15) is 44.7 Å². The first kappa shape index (κ1) is 15.8. The van der Waals surface area contributed by atoms with Crippen LogP contribution in [-0.2, 0) is 4.79 Å². The molecule has 1 aromatic rings. The van der Waals surface area contributed by atoms with E-state index in [0.717, 1.165) is 5.56 Å². The number of β-amino-alcohol motifs (C(OH)–C–C–N with tert-alkyl or cyclic N) is 1. The summed E-state index contributed by atoms with van der Waals surface area (Å²) in [6, 6.07) is 8.24. The van der Waals surface area contributed by atoms with Crippen LogP contribution in [0.2, 0.25) is 0 Å². The van der Waals surface area contributed by atoms with Crippen LogP contribution in [0.4, 0.5) is 0 Å². The van der Waals surface area contributed by atoms with E-state index in [1.807, 2.05) is 32.1 Å². The molecule has 21 heavy (non-hydrogen) atoms. The number of amides is 1. The lowest BCUT2D eigenvalue weighted by molar-refractivity contribution is -0.158. The van der Waals surface area contributed by atoms with Crippen molar-refractivity contribution in [2.45, 2.75) is 39.2 Å². The van der Waals surface area contributed by atoms with Gasteiger partial charge in [0.05, 0.1) is 13.1 Å². The Morgan fingerprint density at radius 2 is 1.76 bits per heavy atom. The van der Waals surface area contributed by atoms with Gasteiger partial charge in [0.1, 0.15) is 5.60 Å². The van der Waals surface area contributed by atoms with Crippen LogP contribution in [0.3, 0.4) is 0 Å². The summed E-state index contributed by atoms with van der Waals surface area (Å²) in [4.78, 5) is 13.7. The van der Waals surface area contributed by atoms with Crippen LogP contribution in [0.15, 0.2) is 30.3 Å². The van der Waals surface area contributed by atoms with Gasteiger partial charge in [-0.3, -0.25) is 4.79 Å². The molecule has 1 aromatic carbocycles. The molecular weight excluding hydrogens is 262 g/mol. The van der Waals surface area contributed by atoms with Gasteiger partial charge in [-0.2, -0.15) is 0 Å². The van der Waals surface area contributed by atoms with E-state index in [-0.39, 0.29) is 11.8 Å². The zero-order chi connectivity index (χ0) is 15.6. The summed E-state index contributed by atoms with van der Waals surface area (Å²) in [5.74, 6) is 0.654. The minimum atomic E-state index is -0.706. The lowest BCUT2D eigenvalue weighted by Gasteiger charge is -2.48. The Kier molecular flexibility index (Phi) is 4.52. The number of hydrogen-bond acceptors (Lipinski definition) is 2. The first-order chi connectivity index (χ1) is 9.82.